The van der Waals surface area contributed by atoms with Gasteiger partial charge < -0.3 is 0 Å². The maximum atomic E-state index is 11.2. The van der Waals surface area contributed by atoms with Crippen LogP contribution in [0.2, 0.25) is 0 Å². The van der Waals surface area contributed by atoms with Gasteiger partial charge in [-0.3, -0.25) is 4.72 Å². The molecule has 0 saturated carbocycles. The molecule has 1 aromatic rings. The Balaban J connectivity index is 3.39. The van der Waals surface area contributed by atoms with Gasteiger partial charge in [0.15, 0.2) is 0 Å². The summed E-state index contributed by atoms with van der Waals surface area (Å²) in [5.74, 6) is 0. The zero-order valence-corrected chi connectivity index (χ0v) is 12.4. The van der Waals surface area contributed by atoms with Gasteiger partial charge in [0.25, 0.3) is 19.3 Å². The first-order chi connectivity index (χ1) is 7.50. The van der Waals surface area contributed by atoms with Crippen LogP contribution in [0.3, 0.4) is 0 Å². The van der Waals surface area contributed by atoms with Crippen LogP contribution in [0.4, 0.5) is 5.69 Å². The molecule has 0 amide bonds. The molecule has 96 valence electrons. The van der Waals surface area contributed by atoms with Crippen molar-refractivity contribution in [1.29, 1.82) is 0 Å². The number of aryl methyl sites for hydroxylation is 1. The topological polar surface area (TPSA) is 106 Å². The third kappa shape index (κ3) is 4.11. The number of rotatable bonds is 3. The van der Waals surface area contributed by atoms with Gasteiger partial charge in [0.05, 0.1) is 10.6 Å². The third-order valence-corrected chi connectivity index (χ3v) is 4.40. The Morgan fingerprint density at radius 3 is 2.24 bits per heavy atom. The molecule has 6 nitrogen and oxygen atoms in total. The number of hydrogen-bond acceptors (Lipinski definition) is 4. The summed E-state index contributed by atoms with van der Waals surface area (Å²) < 4.78 is 46.3. The van der Waals surface area contributed by atoms with Crippen LogP contribution >= 0.6 is 26.6 Å². The molecule has 0 aromatic heterocycles. The lowest BCUT2D eigenvalue weighted by molar-refractivity contribution is 0.602. The molecule has 0 saturated heterocycles. The quantitative estimate of drug-likeness (QED) is 0.789. The average Bonchev–Trinajstić information content (AvgIpc) is 2.06. The lowest BCUT2D eigenvalue weighted by Crippen LogP contribution is -2.22. The van der Waals surface area contributed by atoms with E-state index in [9.17, 15) is 16.8 Å². The number of halogens is 2. The van der Waals surface area contributed by atoms with Crippen molar-refractivity contribution in [3.8, 4) is 0 Å². The summed E-state index contributed by atoms with van der Waals surface area (Å²) in [7, 11) is -2.60. The molecule has 0 bridgehead atoms. The van der Waals surface area contributed by atoms with E-state index in [4.69, 9.17) is 15.8 Å². The van der Waals surface area contributed by atoms with Crippen LogP contribution in [-0.2, 0) is 19.3 Å². The van der Waals surface area contributed by atoms with Crippen molar-refractivity contribution in [2.45, 2.75) is 11.8 Å². The van der Waals surface area contributed by atoms with E-state index < -0.39 is 19.3 Å². The van der Waals surface area contributed by atoms with E-state index in [0.717, 1.165) is 0 Å². The molecule has 0 aliphatic rings. The second kappa shape index (κ2) is 4.73. The van der Waals surface area contributed by atoms with Gasteiger partial charge in [-0.2, -0.15) is 8.42 Å². The molecular weight excluding hydrogens is 356 g/mol. The molecule has 0 fully saturated rings. The van der Waals surface area contributed by atoms with Crippen LogP contribution in [0.1, 0.15) is 5.56 Å². The minimum atomic E-state index is -3.93. The van der Waals surface area contributed by atoms with Crippen molar-refractivity contribution in [3.05, 3.63) is 22.2 Å². The number of anilines is 1. The number of hydrogen-bond donors (Lipinski definition) is 2. The zero-order chi connectivity index (χ0) is 13.4. The van der Waals surface area contributed by atoms with Crippen molar-refractivity contribution in [2.24, 2.45) is 5.14 Å². The summed E-state index contributed by atoms with van der Waals surface area (Å²) in [6.45, 7) is 1.48. The van der Waals surface area contributed by atoms with Crippen LogP contribution in [0.25, 0.3) is 0 Å². The predicted octanol–water partition coefficient (Wildman–Crippen LogP) is 1.30. The van der Waals surface area contributed by atoms with Gasteiger partial charge in [-0.25, -0.2) is 13.6 Å². The fourth-order valence-corrected chi connectivity index (χ4v) is 3.56. The molecule has 0 spiro atoms. The monoisotopic (exact) mass is 362 g/mol. The van der Waals surface area contributed by atoms with Crippen molar-refractivity contribution in [3.63, 3.8) is 0 Å². The van der Waals surface area contributed by atoms with E-state index in [0.29, 0.717) is 5.56 Å². The number of benzene rings is 1. The number of nitrogens with two attached hydrogens (primary N) is 1. The summed E-state index contributed by atoms with van der Waals surface area (Å²) in [6, 6.07) is 2.51. The first-order valence-corrected chi connectivity index (χ1v) is 8.71. The summed E-state index contributed by atoms with van der Waals surface area (Å²) >= 11 is 3.02. The maximum absolute atomic E-state index is 11.2. The molecular formula is C7H8BrClN2O4S2. The van der Waals surface area contributed by atoms with Crippen LogP contribution < -0.4 is 9.86 Å². The van der Waals surface area contributed by atoms with E-state index >= 15 is 0 Å². The average molecular weight is 364 g/mol. The van der Waals surface area contributed by atoms with Gasteiger partial charge in [-0.15, -0.1) is 0 Å². The lowest BCUT2D eigenvalue weighted by atomic mass is 10.2. The van der Waals surface area contributed by atoms with Crippen molar-refractivity contribution >= 4 is 51.6 Å². The molecule has 0 heterocycles. The molecule has 0 aliphatic carbocycles. The SMILES string of the molecule is Cc1cc(NS(N)(=O)=O)c(Br)cc1S(=O)(=O)Cl. The molecule has 0 unspecified atom stereocenters. The van der Waals surface area contributed by atoms with E-state index in [2.05, 4.69) is 15.9 Å². The Hall–Kier alpha value is -0.350. The van der Waals surface area contributed by atoms with E-state index in [1.165, 1.54) is 19.1 Å². The standard InChI is InChI=1S/C7H8BrClN2O4S2/c1-4-2-6(11-17(10,14)15)5(8)3-7(4)16(9,12)13/h2-3,11H,1H3,(H2,10,14,15). The second-order valence-electron chi connectivity index (χ2n) is 3.18. The highest BCUT2D eigenvalue weighted by Gasteiger charge is 2.17. The highest BCUT2D eigenvalue weighted by Crippen LogP contribution is 2.30. The Morgan fingerprint density at radius 2 is 1.82 bits per heavy atom. The van der Waals surface area contributed by atoms with E-state index in [-0.39, 0.29) is 15.1 Å². The Kier molecular flexibility index (Phi) is 4.09. The molecule has 10 heteroatoms. The fourth-order valence-electron chi connectivity index (χ4n) is 1.16. The fraction of sp³-hybridized carbons (Fsp3) is 0.143. The smallest absolute Gasteiger partial charge is 0.270 e. The van der Waals surface area contributed by atoms with Crippen LogP contribution in [0, 0.1) is 6.92 Å². The second-order valence-corrected chi connectivity index (χ2v) is 7.87. The highest BCUT2D eigenvalue weighted by atomic mass is 79.9. The molecule has 0 radical (unpaired) electrons. The van der Waals surface area contributed by atoms with Crippen LogP contribution in [0.5, 0.6) is 0 Å². The van der Waals surface area contributed by atoms with E-state index in [1.807, 2.05) is 4.72 Å². The van der Waals surface area contributed by atoms with Gasteiger partial charge in [0.2, 0.25) is 0 Å². The van der Waals surface area contributed by atoms with Gasteiger partial charge in [-0.1, -0.05) is 0 Å². The molecule has 1 aromatic carbocycles. The summed E-state index contributed by atoms with van der Waals surface area (Å²) in [4.78, 5) is -0.106. The summed E-state index contributed by atoms with van der Waals surface area (Å²) in [5, 5.41) is 4.81. The Bertz CT molecular complexity index is 657. The Morgan fingerprint density at radius 1 is 1.29 bits per heavy atom. The highest BCUT2D eigenvalue weighted by molar-refractivity contribution is 9.10. The largest absolute Gasteiger partial charge is 0.296 e. The van der Waals surface area contributed by atoms with Crippen molar-refractivity contribution in [1.82, 2.24) is 0 Å². The van der Waals surface area contributed by atoms with Gasteiger partial charge in [-0.05, 0) is 40.5 Å². The van der Waals surface area contributed by atoms with Crippen molar-refractivity contribution < 1.29 is 16.8 Å². The molecule has 0 aliphatic heterocycles. The molecule has 1 rings (SSSR count). The summed E-state index contributed by atoms with van der Waals surface area (Å²) in [6.07, 6.45) is 0. The van der Waals surface area contributed by atoms with Crippen molar-refractivity contribution in [2.75, 3.05) is 4.72 Å². The zero-order valence-electron chi connectivity index (χ0n) is 8.44. The van der Waals surface area contributed by atoms with Crippen LogP contribution in [0.15, 0.2) is 21.5 Å². The minimum absolute atomic E-state index is 0.106. The summed E-state index contributed by atoms with van der Waals surface area (Å²) in [5.41, 5.74) is 0.434. The van der Waals surface area contributed by atoms with Crippen LogP contribution in [-0.4, -0.2) is 16.8 Å². The molecule has 0 atom stereocenters. The first kappa shape index (κ1) is 14.7. The van der Waals surface area contributed by atoms with E-state index in [1.54, 1.807) is 0 Å². The third-order valence-electron chi connectivity index (χ3n) is 1.78. The van der Waals surface area contributed by atoms with Gasteiger partial charge >= 0.3 is 0 Å². The molecule has 3 N–H and O–H groups in total. The predicted molar refractivity (Wildman–Crippen MR) is 68.6 cm³/mol. The number of nitrogens with one attached hydrogen (secondary N) is 1. The van der Waals surface area contributed by atoms with Gasteiger partial charge in [0, 0.05) is 15.2 Å². The van der Waals surface area contributed by atoms with Gasteiger partial charge in [0.1, 0.15) is 0 Å². The maximum Gasteiger partial charge on any atom is 0.296 e. The normalized spacial score (nSPS) is 12.5. The first-order valence-electron chi connectivity index (χ1n) is 4.06. The minimum Gasteiger partial charge on any atom is -0.270 e. The Labute approximate surface area is 112 Å². The lowest BCUT2D eigenvalue weighted by Gasteiger charge is -2.09. The molecule has 17 heavy (non-hydrogen) atoms.